The van der Waals surface area contributed by atoms with Gasteiger partial charge in [0.1, 0.15) is 5.75 Å². The van der Waals surface area contributed by atoms with Crippen LogP contribution in [-0.2, 0) is 0 Å². The third-order valence-corrected chi connectivity index (χ3v) is 2.90. The summed E-state index contributed by atoms with van der Waals surface area (Å²) in [6.07, 6.45) is 0. The van der Waals surface area contributed by atoms with Gasteiger partial charge in [-0.25, -0.2) is 8.78 Å². The van der Waals surface area contributed by atoms with Crippen LogP contribution in [0.3, 0.4) is 0 Å². The maximum absolute atomic E-state index is 13.6. The van der Waals surface area contributed by atoms with Crippen LogP contribution in [0, 0.1) is 11.6 Å². The van der Waals surface area contributed by atoms with Gasteiger partial charge in [0.05, 0.1) is 0 Å². The van der Waals surface area contributed by atoms with Gasteiger partial charge in [-0.05, 0) is 23.6 Å². The Balaban J connectivity index is 2.25. The van der Waals surface area contributed by atoms with E-state index in [0.717, 1.165) is 11.6 Å². The summed E-state index contributed by atoms with van der Waals surface area (Å²) in [7, 11) is 1.50. The lowest BCUT2D eigenvalue weighted by Gasteiger charge is -2.10. The third kappa shape index (κ3) is 3.04. The minimum absolute atomic E-state index is 0.0554. The summed E-state index contributed by atoms with van der Waals surface area (Å²) in [4.78, 5) is 3.76. The van der Waals surface area contributed by atoms with Crippen molar-refractivity contribution in [2.45, 2.75) is 19.8 Å². The Morgan fingerprint density at radius 1 is 1.10 bits per heavy atom. The second-order valence-electron chi connectivity index (χ2n) is 4.68. The number of ether oxygens (including phenoxy) is 1. The lowest BCUT2D eigenvalue weighted by molar-refractivity contribution is 0.418. The molecule has 1 N–H and O–H groups in total. The lowest BCUT2D eigenvalue weighted by atomic mass is 10.0. The molecule has 2 aromatic rings. The Bertz CT molecular complexity index is 598. The van der Waals surface area contributed by atoms with Crippen molar-refractivity contribution in [1.29, 1.82) is 0 Å². The first kappa shape index (κ1) is 14.2. The van der Waals surface area contributed by atoms with Gasteiger partial charge >= 0.3 is 0 Å². The molecule has 106 valence electrons. The summed E-state index contributed by atoms with van der Waals surface area (Å²) in [6.45, 7) is 4.16. The molecule has 0 saturated carbocycles. The highest BCUT2D eigenvalue weighted by Crippen LogP contribution is 2.27. The third-order valence-electron chi connectivity index (χ3n) is 2.90. The average molecular weight is 278 g/mol. The number of aromatic nitrogens is 1. The second-order valence-corrected chi connectivity index (χ2v) is 4.68. The Kier molecular flexibility index (Phi) is 4.17. The predicted molar refractivity (Wildman–Crippen MR) is 74.3 cm³/mol. The number of pyridine rings is 1. The zero-order valence-corrected chi connectivity index (χ0v) is 11.6. The largest absolute Gasteiger partial charge is 0.436 e. The quantitative estimate of drug-likeness (QED) is 0.904. The van der Waals surface area contributed by atoms with Crippen molar-refractivity contribution in [3.8, 4) is 11.6 Å². The molecule has 0 unspecified atom stereocenters. The molecule has 20 heavy (non-hydrogen) atoms. The number of benzene rings is 1. The van der Waals surface area contributed by atoms with Gasteiger partial charge in [0.25, 0.3) is 5.88 Å². The SMILES string of the molecule is CNc1nc(Oc2ccc(C(C)C)cc2)c(F)cc1F. The van der Waals surface area contributed by atoms with E-state index in [9.17, 15) is 8.78 Å². The second kappa shape index (κ2) is 5.86. The van der Waals surface area contributed by atoms with Gasteiger partial charge in [-0.1, -0.05) is 26.0 Å². The van der Waals surface area contributed by atoms with Crippen LogP contribution in [0.15, 0.2) is 30.3 Å². The fourth-order valence-corrected chi connectivity index (χ4v) is 1.73. The van der Waals surface area contributed by atoms with Gasteiger partial charge in [-0.2, -0.15) is 4.98 Å². The van der Waals surface area contributed by atoms with Crippen LogP contribution in [-0.4, -0.2) is 12.0 Å². The molecule has 0 amide bonds. The Morgan fingerprint density at radius 2 is 1.75 bits per heavy atom. The van der Waals surface area contributed by atoms with Gasteiger partial charge < -0.3 is 10.1 Å². The van der Waals surface area contributed by atoms with Crippen LogP contribution >= 0.6 is 0 Å². The molecule has 1 heterocycles. The number of halogens is 2. The van der Waals surface area contributed by atoms with E-state index in [-0.39, 0.29) is 11.7 Å². The average Bonchev–Trinajstić information content (AvgIpc) is 2.42. The molecule has 0 saturated heterocycles. The van der Waals surface area contributed by atoms with E-state index >= 15 is 0 Å². The van der Waals surface area contributed by atoms with Crippen LogP contribution in [0.25, 0.3) is 0 Å². The van der Waals surface area contributed by atoms with Gasteiger partial charge in [-0.15, -0.1) is 0 Å². The highest BCUT2D eigenvalue weighted by Gasteiger charge is 2.13. The van der Waals surface area contributed by atoms with Crippen LogP contribution in [0.2, 0.25) is 0 Å². The number of rotatable bonds is 4. The van der Waals surface area contributed by atoms with Crippen molar-refractivity contribution in [3.05, 3.63) is 47.5 Å². The van der Waals surface area contributed by atoms with Crippen molar-refractivity contribution >= 4 is 5.82 Å². The van der Waals surface area contributed by atoms with Gasteiger partial charge in [0.2, 0.25) is 0 Å². The molecule has 2 rings (SSSR count). The van der Waals surface area contributed by atoms with Gasteiger partial charge in [-0.3, -0.25) is 0 Å². The highest BCUT2D eigenvalue weighted by atomic mass is 19.1. The van der Waals surface area contributed by atoms with E-state index in [1.165, 1.54) is 7.05 Å². The zero-order chi connectivity index (χ0) is 14.7. The summed E-state index contributed by atoms with van der Waals surface area (Å²) in [5.74, 6) is -1.05. The predicted octanol–water partition coefficient (Wildman–Crippen LogP) is 4.32. The maximum Gasteiger partial charge on any atom is 0.258 e. The lowest BCUT2D eigenvalue weighted by Crippen LogP contribution is -2.01. The monoisotopic (exact) mass is 278 g/mol. The van der Waals surface area contributed by atoms with Crippen LogP contribution in [0.1, 0.15) is 25.3 Å². The van der Waals surface area contributed by atoms with Crippen LogP contribution in [0.5, 0.6) is 11.6 Å². The molecule has 0 atom stereocenters. The standard InChI is InChI=1S/C15H16F2N2O/c1-9(2)10-4-6-11(7-5-10)20-15-13(17)8-12(16)14(18-3)19-15/h4-9H,1-3H3,(H,18,19). The fourth-order valence-electron chi connectivity index (χ4n) is 1.73. The molecule has 0 aliphatic heterocycles. The normalized spacial score (nSPS) is 10.7. The molecule has 5 heteroatoms. The zero-order valence-electron chi connectivity index (χ0n) is 11.6. The van der Waals surface area contributed by atoms with Crippen molar-refractivity contribution in [2.75, 3.05) is 12.4 Å². The summed E-state index contributed by atoms with van der Waals surface area (Å²) in [5, 5.41) is 2.54. The highest BCUT2D eigenvalue weighted by molar-refractivity contribution is 5.40. The van der Waals surface area contributed by atoms with Crippen LogP contribution < -0.4 is 10.1 Å². The topological polar surface area (TPSA) is 34.2 Å². The van der Waals surface area contributed by atoms with Crippen molar-refractivity contribution in [2.24, 2.45) is 0 Å². The molecular formula is C15H16F2N2O. The van der Waals surface area contributed by atoms with Crippen LogP contribution in [0.4, 0.5) is 14.6 Å². The molecule has 0 aliphatic rings. The number of hydrogen-bond donors (Lipinski definition) is 1. The summed E-state index contributed by atoms with van der Waals surface area (Å²) < 4.78 is 32.2. The summed E-state index contributed by atoms with van der Waals surface area (Å²) in [6, 6.07) is 8.02. The van der Waals surface area contributed by atoms with E-state index in [2.05, 4.69) is 24.1 Å². The molecular weight excluding hydrogens is 262 g/mol. The Hall–Kier alpha value is -2.17. The molecule has 0 spiro atoms. The molecule has 1 aromatic carbocycles. The van der Waals surface area contributed by atoms with E-state index in [0.29, 0.717) is 11.7 Å². The number of anilines is 1. The molecule has 0 radical (unpaired) electrons. The number of nitrogens with one attached hydrogen (secondary N) is 1. The molecule has 0 bridgehead atoms. The molecule has 1 aromatic heterocycles. The minimum Gasteiger partial charge on any atom is -0.436 e. The van der Waals surface area contributed by atoms with Crippen molar-refractivity contribution in [3.63, 3.8) is 0 Å². The number of nitrogens with zero attached hydrogens (tertiary/aromatic N) is 1. The fraction of sp³-hybridized carbons (Fsp3) is 0.267. The molecule has 0 fully saturated rings. The maximum atomic E-state index is 13.6. The summed E-state index contributed by atoms with van der Waals surface area (Å²) >= 11 is 0. The first-order valence-corrected chi connectivity index (χ1v) is 6.33. The number of hydrogen-bond acceptors (Lipinski definition) is 3. The van der Waals surface area contributed by atoms with E-state index in [1.54, 1.807) is 12.1 Å². The first-order chi connectivity index (χ1) is 9.51. The van der Waals surface area contributed by atoms with Crippen molar-refractivity contribution < 1.29 is 13.5 Å². The smallest absolute Gasteiger partial charge is 0.258 e. The molecule has 3 nitrogen and oxygen atoms in total. The summed E-state index contributed by atoms with van der Waals surface area (Å²) in [5.41, 5.74) is 1.15. The Morgan fingerprint density at radius 3 is 2.30 bits per heavy atom. The van der Waals surface area contributed by atoms with E-state index in [4.69, 9.17) is 4.74 Å². The van der Waals surface area contributed by atoms with E-state index in [1.807, 2.05) is 12.1 Å². The first-order valence-electron chi connectivity index (χ1n) is 6.33. The van der Waals surface area contributed by atoms with Gasteiger partial charge in [0.15, 0.2) is 17.5 Å². The van der Waals surface area contributed by atoms with E-state index < -0.39 is 11.6 Å². The molecule has 0 aliphatic carbocycles. The Labute approximate surface area is 116 Å². The minimum atomic E-state index is -0.838. The van der Waals surface area contributed by atoms with Gasteiger partial charge in [0, 0.05) is 13.1 Å². The van der Waals surface area contributed by atoms with Crippen molar-refractivity contribution in [1.82, 2.24) is 4.98 Å².